The molecule has 1 unspecified atom stereocenters. The smallest absolute Gasteiger partial charge is 0.243 e. The highest BCUT2D eigenvalue weighted by atomic mass is 32.2. The van der Waals surface area contributed by atoms with Gasteiger partial charge in [-0.3, -0.25) is 10.4 Å². The molecule has 0 bridgehead atoms. The van der Waals surface area contributed by atoms with Crippen LogP contribution in [0.25, 0.3) is 0 Å². The van der Waals surface area contributed by atoms with Crippen molar-refractivity contribution in [1.82, 2.24) is 9.71 Å². The van der Waals surface area contributed by atoms with Crippen molar-refractivity contribution >= 4 is 15.9 Å². The predicted molar refractivity (Wildman–Crippen MR) is 65.1 cm³/mol. The van der Waals surface area contributed by atoms with Gasteiger partial charge in [-0.15, -0.1) is 0 Å². The summed E-state index contributed by atoms with van der Waals surface area (Å²) in [6, 6.07) is 0.853. The van der Waals surface area contributed by atoms with Crippen molar-refractivity contribution in [3.05, 3.63) is 24.3 Å². The second-order valence-electron chi connectivity index (χ2n) is 4.04. The van der Waals surface area contributed by atoms with Crippen molar-refractivity contribution in [2.45, 2.75) is 30.7 Å². The van der Waals surface area contributed by atoms with Crippen molar-refractivity contribution < 1.29 is 12.8 Å². The number of hydrogen-bond donors (Lipinski definition) is 3. The van der Waals surface area contributed by atoms with Gasteiger partial charge in [0.25, 0.3) is 0 Å². The van der Waals surface area contributed by atoms with Crippen LogP contribution in [-0.4, -0.2) is 24.8 Å². The fourth-order valence-corrected chi connectivity index (χ4v) is 2.65. The maximum atomic E-state index is 12.9. The van der Waals surface area contributed by atoms with Gasteiger partial charge in [-0.25, -0.2) is 12.8 Å². The van der Waals surface area contributed by atoms with Crippen LogP contribution in [0, 0.1) is 11.2 Å². The summed E-state index contributed by atoms with van der Waals surface area (Å²) in [5.41, 5.74) is 4.16. The van der Waals surface area contributed by atoms with E-state index in [9.17, 15) is 12.8 Å². The van der Waals surface area contributed by atoms with E-state index in [0.29, 0.717) is 6.42 Å². The van der Waals surface area contributed by atoms with Crippen LogP contribution in [0.3, 0.4) is 0 Å². The SMILES string of the molecule is CCC(C)(NS(=O)(=O)c1cncc(F)c1)C(=N)N. The second kappa shape index (κ2) is 4.99. The van der Waals surface area contributed by atoms with Crippen LogP contribution in [0.1, 0.15) is 20.3 Å². The van der Waals surface area contributed by atoms with Crippen molar-refractivity contribution in [2.24, 2.45) is 5.73 Å². The van der Waals surface area contributed by atoms with Gasteiger partial charge in [-0.1, -0.05) is 6.92 Å². The zero-order chi connectivity index (χ0) is 14.0. The van der Waals surface area contributed by atoms with Crippen LogP contribution in [0.4, 0.5) is 4.39 Å². The van der Waals surface area contributed by atoms with Crippen molar-refractivity contribution in [2.75, 3.05) is 0 Å². The van der Waals surface area contributed by atoms with E-state index in [0.717, 1.165) is 18.5 Å². The average Bonchev–Trinajstić information content (AvgIpc) is 2.28. The summed E-state index contributed by atoms with van der Waals surface area (Å²) >= 11 is 0. The summed E-state index contributed by atoms with van der Waals surface area (Å²) in [7, 11) is -3.97. The third-order valence-electron chi connectivity index (χ3n) is 2.65. The van der Waals surface area contributed by atoms with E-state index >= 15 is 0 Å². The minimum atomic E-state index is -3.97. The Morgan fingerprint density at radius 1 is 1.61 bits per heavy atom. The highest BCUT2D eigenvalue weighted by molar-refractivity contribution is 7.89. The molecule has 0 amide bonds. The Balaban J connectivity index is 3.13. The summed E-state index contributed by atoms with van der Waals surface area (Å²) in [6.07, 6.45) is 2.23. The fourth-order valence-electron chi connectivity index (χ4n) is 1.21. The van der Waals surface area contributed by atoms with Gasteiger partial charge in [0.2, 0.25) is 10.0 Å². The molecule has 0 saturated carbocycles. The highest BCUT2D eigenvalue weighted by Crippen LogP contribution is 2.15. The number of rotatable bonds is 5. The molecule has 0 aromatic carbocycles. The molecular weight excluding hydrogens is 259 g/mol. The third-order valence-corrected chi connectivity index (χ3v) is 4.21. The first-order valence-corrected chi connectivity index (χ1v) is 6.68. The number of nitrogens with zero attached hydrogens (tertiary/aromatic N) is 1. The van der Waals surface area contributed by atoms with Gasteiger partial charge in [-0.2, -0.15) is 4.72 Å². The molecule has 1 rings (SSSR count). The lowest BCUT2D eigenvalue weighted by Crippen LogP contribution is -2.54. The standard InChI is InChI=1S/C10H15FN4O2S/c1-3-10(2,9(12)13)15-18(16,17)8-4-7(11)5-14-6-8/h4-6,15H,3H2,1-2H3,(H3,12,13). The lowest BCUT2D eigenvalue weighted by atomic mass is 10.00. The monoisotopic (exact) mass is 274 g/mol. The first kappa shape index (κ1) is 14.5. The minimum absolute atomic E-state index is 0.296. The summed E-state index contributed by atoms with van der Waals surface area (Å²) in [5.74, 6) is -1.06. The molecule has 4 N–H and O–H groups in total. The molecule has 18 heavy (non-hydrogen) atoms. The molecule has 0 fully saturated rings. The third kappa shape index (κ3) is 3.02. The molecule has 0 aliphatic carbocycles. The number of hydrogen-bond acceptors (Lipinski definition) is 4. The molecule has 1 aromatic heterocycles. The first-order chi connectivity index (χ1) is 8.21. The summed E-state index contributed by atoms with van der Waals surface area (Å²) in [6.45, 7) is 3.17. The Bertz CT molecular complexity index is 561. The number of halogens is 1. The largest absolute Gasteiger partial charge is 0.386 e. The Morgan fingerprint density at radius 2 is 2.22 bits per heavy atom. The van der Waals surface area contributed by atoms with Crippen molar-refractivity contribution in [3.63, 3.8) is 0 Å². The lowest BCUT2D eigenvalue weighted by Gasteiger charge is -2.27. The van der Waals surface area contributed by atoms with Gasteiger partial charge in [0.1, 0.15) is 16.5 Å². The van der Waals surface area contributed by atoms with Crippen LogP contribution < -0.4 is 10.5 Å². The number of sulfonamides is 1. The van der Waals surface area contributed by atoms with Gasteiger partial charge in [0.15, 0.2) is 0 Å². The van der Waals surface area contributed by atoms with Crippen LogP contribution >= 0.6 is 0 Å². The molecule has 100 valence electrons. The normalized spacial score (nSPS) is 15.1. The zero-order valence-electron chi connectivity index (χ0n) is 10.1. The highest BCUT2D eigenvalue weighted by Gasteiger charge is 2.32. The number of nitrogens with two attached hydrogens (primary N) is 1. The van der Waals surface area contributed by atoms with E-state index in [-0.39, 0.29) is 10.7 Å². The van der Waals surface area contributed by atoms with Crippen molar-refractivity contribution in [3.8, 4) is 0 Å². The lowest BCUT2D eigenvalue weighted by molar-refractivity contribution is 0.504. The molecule has 6 nitrogen and oxygen atoms in total. The minimum Gasteiger partial charge on any atom is -0.386 e. The van der Waals surface area contributed by atoms with Gasteiger partial charge in [0.05, 0.1) is 11.7 Å². The summed E-state index contributed by atoms with van der Waals surface area (Å²) in [5, 5.41) is 7.39. The summed E-state index contributed by atoms with van der Waals surface area (Å²) < 4.78 is 39.2. The van der Waals surface area contributed by atoms with E-state index in [1.165, 1.54) is 6.92 Å². The molecule has 8 heteroatoms. The van der Waals surface area contributed by atoms with Gasteiger partial charge >= 0.3 is 0 Å². The van der Waals surface area contributed by atoms with Crippen LogP contribution in [-0.2, 0) is 10.0 Å². The molecule has 0 spiro atoms. The molecule has 0 aliphatic rings. The Hall–Kier alpha value is -1.54. The molecule has 0 aliphatic heterocycles. The number of aromatic nitrogens is 1. The molecule has 1 aromatic rings. The number of nitrogens with one attached hydrogen (secondary N) is 2. The van der Waals surface area contributed by atoms with Crippen LogP contribution in [0.15, 0.2) is 23.4 Å². The Morgan fingerprint density at radius 3 is 2.67 bits per heavy atom. The van der Waals surface area contributed by atoms with Gasteiger partial charge in [-0.05, 0) is 19.4 Å². The quantitative estimate of drug-likeness (QED) is 0.539. The average molecular weight is 274 g/mol. The molecule has 1 heterocycles. The number of amidine groups is 1. The first-order valence-electron chi connectivity index (χ1n) is 5.20. The maximum Gasteiger partial charge on any atom is 0.243 e. The van der Waals surface area contributed by atoms with Gasteiger partial charge < -0.3 is 5.73 Å². The van der Waals surface area contributed by atoms with E-state index < -0.39 is 21.4 Å². The molecule has 0 saturated heterocycles. The Kier molecular flexibility index (Phi) is 4.02. The molecule has 1 atom stereocenters. The Labute approximate surface area is 105 Å². The van der Waals surface area contributed by atoms with Crippen LogP contribution in [0.2, 0.25) is 0 Å². The maximum absolute atomic E-state index is 12.9. The topological polar surface area (TPSA) is 109 Å². The molecular formula is C10H15FN4O2S. The van der Waals surface area contributed by atoms with E-state index in [1.807, 2.05) is 0 Å². The van der Waals surface area contributed by atoms with E-state index in [1.54, 1.807) is 6.92 Å². The van der Waals surface area contributed by atoms with E-state index in [2.05, 4.69) is 9.71 Å². The molecule has 0 radical (unpaired) electrons. The second-order valence-corrected chi connectivity index (χ2v) is 5.73. The zero-order valence-corrected chi connectivity index (χ0v) is 10.9. The number of pyridine rings is 1. The van der Waals surface area contributed by atoms with Crippen molar-refractivity contribution in [1.29, 1.82) is 5.41 Å². The summed E-state index contributed by atoms with van der Waals surface area (Å²) in [4.78, 5) is 3.17. The van der Waals surface area contributed by atoms with E-state index in [4.69, 9.17) is 11.1 Å². The van der Waals surface area contributed by atoms with Crippen LogP contribution in [0.5, 0.6) is 0 Å². The predicted octanol–water partition coefficient (Wildman–Crippen LogP) is 0.604. The van der Waals surface area contributed by atoms with Gasteiger partial charge in [0, 0.05) is 6.20 Å². The fraction of sp³-hybridized carbons (Fsp3) is 0.400.